The molecule has 5 heteroatoms. The van der Waals surface area contributed by atoms with Crippen LogP contribution in [0.15, 0.2) is 0 Å². The third-order valence-electron chi connectivity index (χ3n) is 3.61. The highest BCUT2D eigenvalue weighted by Gasteiger charge is 2.39. The number of aliphatic hydroxyl groups is 1. The summed E-state index contributed by atoms with van der Waals surface area (Å²) in [6.07, 6.45) is 4.84. The van der Waals surface area contributed by atoms with Gasteiger partial charge >= 0.3 is 0 Å². The molecule has 1 saturated carbocycles. The number of rotatable bonds is 2. The zero-order valence-corrected chi connectivity index (χ0v) is 9.75. The quantitative estimate of drug-likeness (QED) is 0.758. The summed E-state index contributed by atoms with van der Waals surface area (Å²) in [5.41, 5.74) is 0. The van der Waals surface area contributed by atoms with Crippen molar-refractivity contribution in [1.29, 1.82) is 0 Å². The van der Waals surface area contributed by atoms with Crippen molar-refractivity contribution in [3.05, 3.63) is 0 Å². The molecule has 1 saturated heterocycles. The Balaban J connectivity index is 2.14. The molecule has 2 fully saturated rings. The number of sulfonamides is 1. The van der Waals surface area contributed by atoms with Crippen molar-refractivity contribution in [3.63, 3.8) is 0 Å². The van der Waals surface area contributed by atoms with Crippen LogP contribution in [0.4, 0.5) is 0 Å². The van der Waals surface area contributed by atoms with E-state index in [4.69, 9.17) is 0 Å². The van der Waals surface area contributed by atoms with Gasteiger partial charge in [-0.3, -0.25) is 0 Å². The molecule has 2 aliphatic rings. The maximum Gasteiger partial charge on any atom is 0.214 e. The lowest BCUT2D eigenvalue weighted by atomic mass is 9.85. The van der Waals surface area contributed by atoms with Crippen molar-refractivity contribution in [1.82, 2.24) is 4.31 Å². The third-order valence-corrected chi connectivity index (χ3v) is 5.58. The monoisotopic (exact) mass is 233 g/mol. The molecule has 88 valence electrons. The van der Waals surface area contributed by atoms with E-state index in [1.807, 2.05) is 0 Å². The molecular weight excluding hydrogens is 214 g/mol. The van der Waals surface area contributed by atoms with E-state index in [1.54, 1.807) is 4.31 Å². The van der Waals surface area contributed by atoms with E-state index in [-0.39, 0.29) is 18.6 Å². The normalized spacial score (nSPS) is 36.9. The van der Waals surface area contributed by atoms with Crippen LogP contribution in [0.2, 0.25) is 0 Å². The maximum absolute atomic E-state index is 11.8. The van der Waals surface area contributed by atoms with Crippen molar-refractivity contribution >= 4 is 10.0 Å². The molecule has 2 atom stereocenters. The van der Waals surface area contributed by atoms with Crippen LogP contribution < -0.4 is 0 Å². The second-order valence-electron chi connectivity index (χ2n) is 4.57. The highest BCUT2D eigenvalue weighted by atomic mass is 32.2. The van der Waals surface area contributed by atoms with Gasteiger partial charge in [0.2, 0.25) is 10.0 Å². The van der Waals surface area contributed by atoms with Gasteiger partial charge < -0.3 is 5.11 Å². The maximum atomic E-state index is 11.8. The molecule has 1 heterocycles. The fourth-order valence-electron chi connectivity index (χ4n) is 2.81. The molecule has 0 aromatic heterocycles. The summed E-state index contributed by atoms with van der Waals surface area (Å²) < 4.78 is 25.2. The first-order valence-electron chi connectivity index (χ1n) is 5.75. The SMILES string of the molecule is O=S1(=O)CCCN1C1CCCCC1CO. The van der Waals surface area contributed by atoms with E-state index in [9.17, 15) is 13.5 Å². The first kappa shape index (κ1) is 11.4. The Morgan fingerprint density at radius 3 is 2.53 bits per heavy atom. The van der Waals surface area contributed by atoms with Crippen LogP contribution in [0.25, 0.3) is 0 Å². The molecule has 1 aliphatic heterocycles. The number of aliphatic hydroxyl groups excluding tert-OH is 1. The molecule has 1 N–H and O–H groups in total. The molecule has 0 radical (unpaired) electrons. The molecule has 1 aliphatic carbocycles. The van der Waals surface area contributed by atoms with E-state index in [0.717, 1.165) is 32.1 Å². The van der Waals surface area contributed by atoms with Crippen LogP contribution in [0.1, 0.15) is 32.1 Å². The zero-order chi connectivity index (χ0) is 10.9. The van der Waals surface area contributed by atoms with Crippen molar-refractivity contribution in [2.24, 2.45) is 5.92 Å². The Hall–Kier alpha value is -0.130. The predicted molar refractivity (Wildman–Crippen MR) is 57.9 cm³/mol. The smallest absolute Gasteiger partial charge is 0.214 e. The van der Waals surface area contributed by atoms with Gasteiger partial charge in [0.05, 0.1) is 5.75 Å². The highest BCUT2D eigenvalue weighted by Crippen LogP contribution is 2.32. The fourth-order valence-corrected chi connectivity index (χ4v) is 4.64. The minimum atomic E-state index is -3.01. The molecule has 0 amide bonds. The lowest BCUT2D eigenvalue weighted by Crippen LogP contribution is -2.44. The van der Waals surface area contributed by atoms with Gasteiger partial charge in [-0.05, 0) is 25.2 Å². The van der Waals surface area contributed by atoms with Crippen molar-refractivity contribution in [2.75, 3.05) is 18.9 Å². The summed E-state index contributed by atoms with van der Waals surface area (Å²) >= 11 is 0. The molecule has 0 bridgehead atoms. The second-order valence-corrected chi connectivity index (χ2v) is 6.62. The number of hydrogen-bond acceptors (Lipinski definition) is 3. The Morgan fingerprint density at radius 1 is 1.20 bits per heavy atom. The lowest BCUT2D eigenvalue weighted by Gasteiger charge is -2.35. The van der Waals surface area contributed by atoms with Crippen molar-refractivity contribution < 1.29 is 13.5 Å². The van der Waals surface area contributed by atoms with Gasteiger partial charge in [0.1, 0.15) is 0 Å². The fraction of sp³-hybridized carbons (Fsp3) is 1.00. The number of nitrogens with zero attached hydrogens (tertiary/aromatic N) is 1. The van der Waals surface area contributed by atoms with Gasteiger partial charge in [-0.15, -0.1) is 0 Å². The van der Waals surface area contributed by atoms with Gasteiger partial charge in [0.15, 0.2) is 0 Å². The molecule has 0 aromatic carbocycles. The minimum absolute atomic E-state index is 0.0660. The Morgan fingerprint density at radius 2 is 1.93 bits per heavy atom. The van der Waals surface area contributed by atoms with E-state index < -0.39 is 10.0 Å². The van der Waals surface area contributed by atoms with Crippen LogP contribution in [0, 0.1) is 5.92 Å². The summed E-state index contributed by atoms with van der Waals surface area (Å²) in [6.45, 7) is 0.778. The summed E-state index contributed by atoms with van der Waals surface area (Å²) in [7, 11) is -3.01. The van der Waals surface area contributed by atoms with Gasteiger partial charge in [0.25, 0.3) is 0 Å². The van der Waals surface area contributed by atoms with Crippen LogP contribution in [-0.4, -0.2) is 42.8 Å². The Kier molecular flexibility index (Phi) is 3.33. The highest BCUT2D eigenvalue weighted by molar-refractivity contribution is 7.89. The first-order chi connectivity index (χ1) is 7.15. The molecule has 0 aromatic rings. The van der Waals surface area contributed by atoms with E-state index in [0.29, 0.717) is 12.3 Å². The molecule has 2 unspecified atom stereocenters. The second kappa shape index (κ2) is 4.39. The minimum Gasteiger partial charge on any atom is -0.396 e. The average Bonchev–Trinajstić information content (AvgIpc) is 2.58. The largest absolute Gasteiger partial charge is 0.396 e. The van der Waals surface area contributed by atoms with Crippen molar-refractivity contribution in [3.8, 4) is 0 Å². The topological polar surface area (TPSA) is 57.6 Å². The molecule has 4 nitrogen and oxygen atoms in total. The van der Waals surface area contributed by atoms with Gasteiger partial charge in [0, 0.05) is 19.2 Å². The van der Waals surface area contributed by atoms with E-state index in [2.05, 4.69) is 0 Å². The standard InChI is InChI=1S/C10H19NO3S/c12-8-9-4-1-2-5-10(9)11-6-3-7-15(11,13)14/h9-10,12H,1-8H2. The predicted octanol–water partition coefficient (Wildman–Crippen LogP) is 0.573. The zero-order valence-electron chi connectivity index (χ0n) is 8.93. The Bertz CT molecular complexity index is 315. The number of hydrogen-bond donors (Lipinski definition) is 1. The van der Waals surface area contributed by atoms with E-state index in [1.165, 1.54) is 0 Å². The van der Waals surface area contributed by atoms with Crippen LogP contribution in [0.5, 0.6) is 0 Å². The first-order valence-corrected chi connectivity index (χ1v) is 7.36. The van der Waals surface area contributed by atoms with Gasteiger partial charge in [-0.2, -0.15) is 4.31 Å². The summed E-state index contributed by atoms with van der Waals surface area (Å²) in [6, 6.07) is 0.0660. The Labute approximate surface area is 91.3 Å². The van der Waals surface area contributed by atoms with Crippen LogP contribution in [-0.2, 0) is 10.0 Å². The van der Waals surface area contributed by atoms with E-state index >= 15 is 0 Å². The molecular formula is C10H19NO3S. The molecule has 15 heavy (non-hydrogen) atoms. The van der Waals surface area contributed by atoms with Gasteiger partial charge in [-0.25, -0.2) is 8.42 Å². The third kappa shape index (κ3) is 2.19. The summed E-state index contributed by atoms with van der Waals surface area (Å²) in [5, 5.41) is 9.27. The van der Waals surface area contributed by atoms with Gasteiger partial charge in [-0.1, -0.05) is 12.8 Å². The van der Waals surface area contributed by atoms with Crippen molar-refractivity contribution in [2.45, 2.75) is 38.1 Å². The molecule has 0 spiro atoms. The van der Waals surface area contributed by atoms with Crippen LogP contribution >= 0.6 is 0 Å². The summed E-state index contributed by atoms with van der Waals surface area (Å²) in [5.74, 6) is 0.452. The summed E-state index contributed by atoms with van der Waals surface area (Å²) in [4.78, 5) is 0. The van der Waals surface area contributed by atoms with Crippen LogP contribution in [0.3, 0.4) is 0 Å². The molecule has 2 rings (SSSR count). The lowest BCUT2D eigenvalue weighted by molar-refractivity contribution is 0.116. The average molecular weight is 233 g/mol.